The van der Waals surface area contributed by atoms with Crippen LogP contribution in [0.1, 0.15) is 31.7 Å². The summed E-state index contributed by atoms with van der Waals surface area (Å²) < 4.78 is 10.5. The van der Waals surface area contributed by atoms with Gasteiger partial charge < -0.3 is 30.1 Å². The van der Waals surface area contributed by atoms with Crippen molar-refractivity contribution in [2.75, 3.05) is 33.4 Å². The first-order valence-corrected chi connectivity index (χ1v) is 13.5. The Morgan fingerprint density at radius 2 is 1.79 bits per heavy atom. The average Bonchev–Trinajstić information content (AvgIpc) is 2.91. The predicted molar refractivity (Wildman–Crippen MR) is 148 cm³/mol. The molecule has 0 radical (unpaired) electrons. The quantitative estimate of drug-likeness (QED) is 0.149. The molecule has 38 heavy (non-hydrogen) atoms. The zero-order valence-electron chi connectivity index (χ0n) is 21.8. The van der Waals surface area contributed by atoms with E-state index in [1.807, 2.05) is 48.5 Å². The number of amides is 2. The minimum Gasteiger partial charge on any atom is -0.497 e. The number of halogens is 2. The van der Waals surface area contributed by atoms with Crippen LogP contribution in [0.4, 0.5) is 4.79 Å². The Kier molecular flexibility index (Phi) is 14.7. The van der Waals surface area contributed by atoms with Crippen molar-refractivity contribution in [2.45, 2.75) is 49.6 Å². The van der Waals surface area contributed by atoms with Crippen molar-refractivity contribution in [3.05, 3.63) is 60.2 Å². The number of hydrogen-bond donors (Lipinski definition) is 3. The predicted octanol–water partition coefficient (Wildman–Crippen LogP) is 4.10. The Hall–Kier alpha value is -2.72. The molecule has 2 aromatic rings. The molecule has 0 aliphatic rings. The molecular weight excluding hydrogens is 533 g/mol. The molecule has 0 bridgehead atoms. The zero-order valence-corrected chi connectivity index (χ0v) is 23.3. The molecule has 0 saturated heterocycles. The highest BCUT2D eigenvalue weighted by atomic mass is 35.5. The molecular formula is C27H37Cl2N3O6. The number of carbonyl (C=O) groups is 2. The van der Waals surface area contributed by atoms with Gasteiger partial charge in [0.25, 0.3) is 5.91 Å². The second kappa shape index (κ2) is 17.7. The Labute approximate surface area is 234 Å². The largest absolute Gasteiger partial charge is 0.497 e. The third-order valence-electron chi connectivity index (χ3n) is 5.58. The van der Waals surface area contributed by atoms with Crippen LogP contribution in [0.25, 0.3) is 0 Å². The maximum atomic E-state index is 12.5. The Bertz CT molecular complexity index is 967. The molecule has 11 heteroatoms. The average molecular weight is 571 g/mol. The molecule has 0 fully saturated rings. The van der Waals surface area contributed by atoms with Gasteiger partial charge in [0.2, 0.25) is 0 Å². The van der Waals surface area contributed by atoms with Crippen LogP contribution >= 0.6 is 23.2 Å². The van der Waals surface area contributed by atoms with Gasteiger partial charge in [0, 0.05) is 12.6 Å². The van der Waals surface area contributed by atoms with Gasteiger partial charge in [-0.3, -0.25) is 4.79 Å². The van der Waals surface area contributed by atoms with Gasteiger partial charge in [0.05, 0.1) is 32.3 Å². The van der Waals surface area contributed by atoms with Crippen LogP contribution in [-0.2, 0) is 16.0 Å². The fourth-order valence-electron chi connectivity index (χ4n) is 3.59. The lowest BCUT2D eigenvalue weighted by atomic mass is 10.0. The molecule has 2 atom stereocenters. The Balaban J connectivity index is 2.06. The highest BCUT2D eigenvalue weighted by Crippen LogP contribution is 2.20. The van der Waals surface area contributed by atoms with E-state index >= 15 is 0 Å². The standard InChI is InChI=1S/C27H37Cl2N3O6/c1-3-4-8-15-32(38-22-13-9-12-21(18-22)36-2)19-24(33)23(17-20-10-6-5-7-11-20)31-27(35)37-16-14-30-26(34)25(28)29/h5-7,9-13,18,23-25,33H,3-4,8,14-17,19H2,1-2H3,(H,30,34)(H,31,35). The number of alkyl carbamates (subject to hydrolysis) is 1. The number of hydroxylamine groups is 2. The number of hydrogen-bond acceptors (Lipinski definition) is 7. The summed E-state index contributed by atoms with van der Waals surface area (Å²) in [5.74, 6) is 0.666. The number of benzene rings is 2. The molecule has 9 nitrogen and oxygen atoms in total. The highest BCUT2D eigenvalue weighted by Gasteiger charge is 2.26. The van der Waals surface area contributed by atoms with Crippen LogP contribution in [0.2, 0.25) is 0 Å². The van der Waals surface area contributed by atoms with Crippen LogP contribution < -0.4 is 20.2 Å². The summed E-state index contributed by atoms with van der Waals surface area (Å²) in [7, 11) is 1.58. The number of carbonyl (C=O) groups excluding carboxylic acids is 2. The number of alkyl halides is 2. The number of ether oxygens (including phenoxy) is 2. The molecule has 2 aromatic carbocycles. The van der Waals surface area contributed by atoms with E-state index in [2.05, 4.69) is 17.6 Å². The van der Waals surface area contributed by atoms with Crippen molar-refractivity contribution < 1.29 is 29.0 Å². The maximum Gasteiger partial charge on any atom is 0.407 e. The second-order valence-electron chi connectivity index (χ2n) is 8.60. The van der Waals surface area contributed by atoms with Gasteiger partial charge in [-0.25, -0.2) is 4.79 Å². The second-order valence-corrected chi connectivity index (χ2v) is 9.70. The Morgan fingerprint density at radius 1 is 1.05 bits per heavy atom. The lowest BCUT2D eigenvalue weighted by Gasteiger charge is -2.29. The normalized spacial score (nSPS) is 12.6. The number of unbranched alkanes of at least 4 members (excludes halogenated alkanes) is 2. The minimum absolute atomic E-state index is 0.0493. The molecule has 3 N–H and O–H groups in total. The van der Waals surface area contributed by atoms with E-state index in [0.29, 0.717) is 24.5 Å². The van der Waals surface area contributed by atoms with Gasteiger partial charge in [0.1, 0.15) is 12.4 Å². The molecule has 2 amide bonds. The van der Waals surface area contributed by atoms with E-state index in [4.69, 9.17) is 37.5 Å². The topological polar surface area (TPSA) is 109 Å². The lowest BCUT2D eigenvalue weighted by molar-refractivity contribution is -0.119. The molecule has 2 rings (SSSR count). The van der Waals surface area contributed by atoms with Gasteiger partial charge in [-0.1, -0.05) is 79.4 Å². The third kappa shape index (κ3) is 12.2. The molecule has 0 aliphatic carbocycles. The maximum absolute atomic E-state index is 12.5. The van der Waals surface area contributed by atoms with E-state index in [9.17, 15) is 14.7 Å². The number of nitrogens with zero attached hydrogens (tertiary/aromatic N) is 1. The number of methoxy groups -OCH3 is 1. The summed E-state index contributed by atoms with van der Waals surface area (Å²) in [6.45, 7) is 2.80. The summed E-state index contributed by atoms with van der Waals surface area (Å²) >= 11 is 11.0. The summed E-state index contributed by atoms with van der Waals surface area (Å²) in [5.41, 5.74) is 0.936. The SMILES string of the molecule is CCCCCN(CC(O)C(Cc1ccccc1)NC(=O)OCCNC(=O)C(Cl)Cl)Oc1cccc(OC)c1. The van der Waals surface area contributed by atoms with Crippen molar-refractivity contribution in [1.82, 2.24) is 15.7 Å². The van der Waals surface area contributed by atoms with Crippen molar-refractivity contribution in [3.8, 4) is 11.5 Å². The first kappa shape index (κ1) is 31.5. The molecule has 0 aromatic heterocycles. The number of rotatable bonds is 17. The van der Waals surface area contributed by atoms with Gasteiger partial charge >= 0.3 is 6.09 Å². The van der Waals surface area contributed by atoms with Crippen molar-refractivity contribution in [1.29, 1.82) is 0 Å². The highest BCUT2D eigenvalue weighted by molar-refractivity contribution is 6.53. The molecule has 210 valence electrons. The van der Waals surface area contributed by atoms with Crippen molar-refractivity contribution in [3.63, 3.8) is 0 Å². The van der Waals surface area contributed by atoms with Gasteiger partial charge in [-0.15, -0.1) is 5.06 Å². The van der Waals surface area contributed by atoms with Crippen LogP contribution in [0.5, 0.6) is 11.5 Å². The number of aliphatic hydroxyl groups is 1. The van der Waals surface area contributed by atoms with E-state index in [-0.39, 0.29) is 19.7 Å². The van der Waals surface area contributed by atoms with Crippen LogP contribution in [-0.4, -0.2) is 72.5 Å². The Morgan fingerprint density at radius 3 is 2.47 bits per heavy atom. The fourth-order valence-corrected chi connectivity index (χ4v) is 3.75. The van der Waals surface area contributed by atoms with Gasteiger partial charge in [0.15, 0.2) is 10.6 Å². The molecule has 2 unspecified atom stereocenters. The van der Waals surface area contributed by atoms with Crippen molar-refractivity contribution in [2.24, 2.45) is 0 Å². The van der Waals surface area contributed by atoms with E-state index in [1.54, 1.807) is 18.2 Å². The van der Waals surface area contributed by atoms with E-state index < -0.39 is 29.0 Å². The molecule has 0 heterocycles. The minimum atomic E-state index is -1.20. The van der Waals surface area contributed by atoms with E-state index in [0.717, 1.165) is 24.8 Å². The molecule has 0 saturated carbocycles. The van der Waals surface area contributed by atoms with Crippen molar-refractivity contribution >= 4 is 35.2 Å². The summed E-state index contributed by atoms with van der Waals surface area (Å²) in [6.07, 6.45) is 1.59. The fraction of sp³-hybridized carbons (Fsp3) is 0.481. The summed E-state index contributed by atoms with van der Waals surface area (Å²) in [5, 5.41) is 18.1. The van der Waals surface area contributed by atoms with Crippen LogP contribution in [0.3, 0.4) is 0 Å². The van der Waals surface area contributed by atoms with Gasteiger partial charge in [-0.05, 0) is 30.5 Å². The molecule has 0 spiro atoms. The lowest BCUT2D eigenvalue weighted by Crippen LogP contribution is -2.50. The summed E-state index contributed by atoms with van der Waals surface area (Å²) in [4.78, 5) is 28.8. The molecule has 0 aliphatic heterocycles. The number of aliphatic hydroxyl groups excluding tert-OH is 1. The smallest absolute Gasteiger partial charge is 0.407 e. The summed E-state index contributed by atoms with van der Waals surface area (Å²) in [6, 6.07) is 16.1. The zero-order chi connectivity index (χ0) is 27.8. The first-order valence-electron chi connectivity index (χ1n) is 12.6. The monoisotopic (exact) mass is 569 g/mol. The first-order chi connectivity index (χ1) is 18.3. The van der Waals surface area contributed by atoms with Gasteiger partial charge in [-0.2, -0.15) is 0 Å². The van der Waals surface area contributed by atoms with Crippen LogP contribution in [0.15, 0.2) is 54.6 Å². The third-order valence-corrected chi connectivity index (χ3v) is 5.97. The van der Waals surface area contributed by atoms with E-state index in [1.165, 1.54) is 0 Å². The number of nitrogens with one attached hydrogen (secondary N) is 2. The van der Waals surface area contributed by atoms with Crippen LogP contribution in [0, 0.1) is 0 Å².